The van der Waals surface area contributed by atoms with E-state index in [1.54, 1.807) is 0 Å². The molecular formula is C16H18ClN. The smallest absolute Gasteiger partial charge is 0.0408 e. The Balaban J connectivity index is 2.14. The lowest BCUT2D eigenvalue weighted by molar-refractivity contribution is 1.11. The van der Waals surface area contributed by atoms with Gasteiger partial charge in [0.25, 0.3) is 0 Å². The summed E-state index contributed by atoms with van der Waals surface area (Å²) in [4.78, 5) is 0. The van der Waals surface area contributed by atoms with Crippen LogP contribution in [0.5, 0.6) is 0 Å². The maximum absolute atomic E-state index is 5.96. The summed E-state index contributed by atoms with van der Waals surface area (Å²) >= 11 is 5.96. The molecule has 0 fully saturated rings. The maximum atomic E-state index is 5.96. The van der Waals surface area contributed by atoms with Crippen molar-refractivity contribution in [2.75, 3.05) is 5.32 Å². The fourth-order valence-corrected chi connectivity index (χ4v) is 2.22. The second kappa shape index (κ2) is 5.45. The summed E-state index contributed by atoms with van der Waals surface area (Å²) in [6, 6.07) is 12.4. The lowest BCUT2D eigenvalue weighted by Crippen LogP contribution is -2.03. The summed E-state index contributed by atoms with van der Waals surface area (Å²) < 4.78 is 0. The molecule has 1 N–H and O–H groups in total. The molecule has 0 atom stereocenters. The van der Waals surface area contributed by atoms with E-state index in [1.165, 1.54) is 27.9 Å². The highest BCUT2D eigenvalue weighted by molar-refractivity contribution is 6.30. The highest BCUT2D eigenvalue weighted by atomic mass is 35.5. The second-order valence-corrected chi connectivity index (χ2v) is 5.11. The van der Waals surface area contributed by atoms with Crippen LogP contribution in [0.3, 0.4) is 0 Å². The van der Waals surface area contributed by atoms with Gasteiger partial charge in [-0.3, -0.25) is 0 Å². The van der Waals surface area contributed by atoms with Crippen molar-refractivity contribution in [2.24, 2.45) is 0 Å². The van der Waals surface area contributed by atoms with Crippen LogP contribution in [0.2, 0.25) is 5.02 Å². The van der Waals surface area contributed by atoms with Gasteiger partial charge in [-0.25, -0.2) is 0 Å². The van der Waals surface area contributed by atoms with Crippen LogP contribution in [-0.2, 0) is 6.54 Å². The molecule has 0 heterocycles. The average Bonchev–Trinajstić information content (AvgIpc) is 2.33. The van der Waals surface area contributed by atoms with Crippen LogP contribution in [0.25, 0.3) is 0 Å². The Labute approximate surface area is 114 Å². The lowest BCUT2D eigenvalue weighted by atomic mass is 10.1. The molecule has 0 aliphatic heterocycles. The Bertz CT molecular complexity index is 561. The van der Waals surface area contributed by atoms with E-state index >= 15 is 0 Å². The van der Waals surface area contributed by atoms with Crippen LogP contribution in [0, 0.1) is 20.8 Å². The summed E-state index contributed by atoms with van der Waals surface area (Å²) in [5.41, 5.74) is 6.32. The van der Waals surface area contributed by atoms with Gasteiger partial charge in [0.1, 0.15) is 0 Å². The highest BCUT2D eigenvalue weighted by Crippen LogP contribution is 2.20. The van der Waals surface area contributed by atoms with Crippen molar-refractivity contribution in [3.8, 4) is 0 Å². The summed E-state index contributed by atoms with van der Waals surface area (Å²) in [6.07, 6.45) is 0. The zero-order valence-corrected chi connectivity index (χ0v) is 11.8. The molecule has 2 aromatic rings. The first-order chi connectivity index (χ1) is 8.58. The molecule has 0 aliphatic rings. The normalized spacial score (nSPS) is 10.4. The summed E-state index contributed by atoms with van der Waals surface area (Å²) in [5.74, 6) is 0. The first kappa shape index (κ1) is 13.0. The van der Waals surface area contributed by atoms with E-state index in [1.807, 2.05) is 12.1 Å². The number of halogens is 1. The minimum atomic E-state index is 0.794. The number of aryl methyl sites for hydroxylation is 2. The summed E-state index contributed by atoms with van der Waals surface area (Å²) in [6.45, 7) is 7.19. The highest BCUT2D eigenvalue weighted by Gasteiger charge is 2.02. The maximum Gasteiger partial charge on any atom is 0.0408 e. The Morgan fingerprint density at radius 1 is 1.00 bits per heavy atom. The van der Waals surface area contributed by atoms with E-state index < -0.39 is 0 Å². The molecule has 0 saturated carbocycles. The van der Waals surface area contributed by atoms with Crippen LogP contribution in [-0.4, -0.2) is 0 Å². The molecule has 0 saturated heterocycles. The Hall–Kier alpha value is -1.47. The quantitative estimate of drug-likeness (QED) is 0.829. The minimum Gasteiger partial charge on any atom is -0.381 e. The van der Waals surface area contributed by atoms with Gasteiger partial charge in [-0.15, -0.1) is 0 Å². The van der Waals surface area contributed by atoms with Gasteiger partial charge in [0, 0.05) is 17.3 Å². The average molecular weight is 260 g/mol. The predicted molar refractivity (Wildman–Crippen MR) is 79.4 cm³/mol. The molecule has 2 aromatic carbocycles. The van der Waals surface area contributed by atoms with Gasteiger partial charge in [-0.05, 0) is 61.2 Å². The van der Waals surface area contributed by atoms with Gasteiger partial charge < -0.3 is 5.32 Å². The number of benzene rings is 2. The first-order valence-electron chi connectivity index (χ1n) is 6.13. The van der Waals surface area contributed by atoms with Crippen molar-refractivity contribution in [3.63, 3.8) is 0 Å². The molecule has 0 aliphatic carbocycles. The summed E-state index contributed by atoms with van der Waals surface area (Å²) in [5, 5.41) is 4.28. The van der Waals surface area contributed by atoms with Crippen molar-refractivity contribution in [1.29, 1.82) is 0 Å². The number of rotatable bonds is 3. The van der Waals surface area contributed by atoms with E-state index in [2.05, 4.69) is 50.4 Å². The van der Waals surface area contributed by atoms with E-state index in [0.29, 0.717) is 0 Å². The van der Waals surface area contributed by atoms with E-state index in [9.17, 15) is 0 Å². The van der Waals surface area contributed by atoms with Crippen LogP contribution < -0.4 is 5.32 Å². The molecule has 0 unspecified atom stereocenters. The molecular weight excluding hydrogens is 242 g/mol. The number of hydrogen-bond donors (Lipinski definition) is 1. The molecule has 18 heavy (non-hydrogen) atoms. The number of nitrogens with one attached hydrogen (secondary N) is 1. The van der Waals surface area contributed by atoms with Gasteiger partial charge in [0.15, 0.2) is 0 Å². The van der Waals surface area contributed by atoms with Crippen LogP contribution in [0.1, 0.15) is 22.3 Å². The zero-order chi connectivity index (χ0) is 13.1. The molecule has 0 spiro atoms. The van der Waals surface area contributed by atoms with E-state index in [-0.39, 0.29) is 0 Å². The molecule has 2 heteroatoms. The Morgan fingerprint density at radius 2 is 1.78 bits per heavy atom. The molecule has 94 valence electrons. The van der Waals surface area contributed by atoms with Gasteiger partial charge >= 0.3 is 0 Å². The molecule has 0 amide bonds. The van der Waals surface area contributed by atoms with Gasteiger partial charge in [0.2, 0.25) is 0 Å². The van der Waals surface area contributed by atoms with Crippen LogP contribution in [0.15, 0.2) is 36.4 Å². The van der Waals surface area contributed by atoms with Crippen molar-refractivity contribution >= 4 is 17.3 Å². The fraction of sp³-hybridized carbons (Fsp3) is 0.250. The second-order valence-electron chi connectivity index (χ2n) is 4.67. The lowest BCUT2D eigenvalue weighted by Gasteiger charge is -2.13. The third-order valence-electron chi connectivity index (χ3n) is 3.38. The van der Waals surface area contributed by atoms with Crippen molar-refractivity contribution in [3.05, 3.63) is 63.7 Å². The summed E-state index contributed by atoms with van der Waals surface area (Å²) in [7, 11) is 0. The monoisotopic (exact) mass is 259 g/mol. The number of anilines is 1. The zero-order valence-electron chi connectivity index (χ0n) is 11.0. The van der Waals surface area contributed by atoms with Crippen molar-refractivity contribution in [2.45, 2.75) is 27.3 Å². The standard InChI is InChI=1S/C16H18ClN/c1-11-5-4-6-16(13(11)3)18-10-14-7-8-15(17)9-12(14)2/h4-9,18H,10H2,1-3H3. The largest absolute Gasteiger partial charge is 0.381 e. The molecule has 2 rings (SSSR count). The topological polar surface area (TPSA) is 12.0 Å². The molecule has 0 aromatic heterocycles. The third kappa shape index (κ3) is 2.85. The van der Waals surface area contributed by atoms with Crippen LogP contribution >= 0.6 is 11.6 Å². The molecule has 0 radical (unpaired) electrons. The number of hydrogen-bond acceptors (Lipinski definition) is 1. The first-order valence-corrected chi connectivity index (χ1v) is 6.51. The van der Waals surface area contributed by atoms with Crippen molar-refractivity contribution < 1.29 is 0 Å². The third-order valence-corrected chi connectivity index (χ3v) is 3.61. The SMILES string of the molecule is Cc1cc(Cl)ccc1CNc1cccc(C)c1C. The van der Waals surface area contributed by atoms with Gasteiger partial charge in [-0.1, -0.05) is 29.8 Å². The van der Waals surface area contributed by atoms with Crippen molar-refractivity contribution in [1.82, 2.24) is 0 Å². The van der Waals surface area contributed by atoms with E-state index in [0.717, 1.165) is 11.6 Å². The Kier molecular flexibility index (Phi) is 3.93. The van der Waals surface area contributed by atoms with Crippen LogP contribution in [0.4, 0.5) is 5.69 Å². The van der Waals surface area contributed by atoms with E-state index in [4.69, 9.17) is 11.6 Å². The minimum absolute atomic E-state index is 0.794. The Morgan fingerprint density at radius 3 is 2.50 bits per heavy atom. The van der Waals surface area contributed by atoms with Gasteiger partial charge in [0.05, 0.1) is 0 Å². The molecule has 1 nitrogen and oxygen atoms in total. The predicted octanol–water partition coefficient (Wildman–Crippen LogP) is 4.88. The molecule has 0 bridgehead atoms. The fourth-order valence-electron chi connectivity index (χ4n) is 1.99. The van der Waals surface area contributed by atoms with Gasteiger partial charge in [-0.2, -0.15) is 0 Å².